The van der Waals surface area contributed by atoms with Crippen molar-refractivity contribution < 1.29 is 9.53 Å². The second-order valence-electron chi connectivity index (χ2n) is 4.09. The largest absolute Gasteiger partial charge is 0.377 e. The Balaban J connectivity index is 2.58. The first-order valence-electron chi connectivity index (χ1n) is 5.19. The third-order valence-corrected chi connectivity index (χ3v) is 2.33. The van der Waals surface area contributed by atoms with Crippen LogP contribution in [0.1, 0.15) is 13.8 Å². The van der Waals surface area contributed by atoms with Crippen LogP contribution in [0.3, 0.4) is 0 Å². The number of carbonyl (C=O) groups excluding carboxylic acids is 1. The van der Waals surface area contributed by atoms with E-state index in [2.05, 4.69) is 19.2 Å². The maximum Gasteiger partial charge on any atom is 0.242 e. The van der Waals surface area contributed by atoms with Gasteiger partial charge in [-0.1, -0.05) is 13.8 Å². The van der Waals surface area contributed by atoms with Crippen molar-refractivity contribution in [3.63, 3.8) is 0 Å². The van der Waals surface area contributed by atoms with E-state index in [1.165, 1.54) is 0 Å². The summed E-state index contributed by atoms with van der Waals surface area (Å²) in [4.78, 5) is 13.8. The Morgan fingerprint density at radius 1 is 1.64 bits per heavy atom. The lowest BCUT2D eigenvalue weighted by Gasteiger charge is -2.24. The summed E-state index contributed by atoms with van der Waals surface area (Å²) in [5.41, 5.74) is 0. The minimum Gasteiger partial charge on any atom is -0.377 e. The fourth-order valence-electron chi connectivity index (χ4n) is 1.61. The van der Waals surface area contributed by atoms with E-state index in [9.17, 15) is 4.79 Å². The first-order valence-corrected chi connectivity index (χ1v) is 5.19. The van der Waals surface area contributed by atoms with Gasteiger partial charge in [0.15, 0.2) is 0 Å². The minimum absolute atomic E-state index is 0.165. The standard InChI is InChI=1S/C10H20N2O2/c1-8(2)6-12-4-5-14-7-9(11-3)10(12)13/h8-9,11H,4-7H2,1-3H3. The molecule has 1 aliphatic rings. The van der Waals surface area contributed by atoms with E-state index in [-0.39, 0.29) is 11.9 Å². The van der Waals surface area contributed by atoms with E-state index in [1.807, 2.05) is 4.90 Å². The first-order chi connectivity index (χ1) is 6.65. The van der Waals surface area contributed by atoms with Crippen LogP contribution < -0.4 is 5.32 Å². The predicted molar refractivity (Wildman–Crippen MR) is 55.1 cm³/mol. The predicted octanol–water partition coefficient (Wildman–Crippen LogP) is 0.0892. The fourth-order valence-corrected chi connectivity index (χ4v) is 1.61. The van der Waals surface area contributed by atoms with E-state index < -0.39 is 0 Å². The lowest BCUT2D eigenvalue weighted by Crippen LogP contribution is -2.46. The van der Waals surface area contributed by atoms with Crippen LogP contribution in [0.2, 0.25) is 0 Å². The van der Waals surface area contributed by atoms with Gasteiger partial charge in [0.25, 0.3) is 0 Å². The Morgan fingerprint density at radius 3 is 2.93 bits per heavy atom. The molecule has 1 N–H and O–H groups in total. The molecule has 0 aliphatic carbocycles. The number of likely N-dealkylation sites (N-methyl/N-ethyl adjacent to an activating group) is 1. The monoisotopic (exact) mass is 200 g/mol. The highest BCUT2D eigenvalue weighted by atomic mass is 16.5. The number of amides is 1. The summed E-state index contributed by atoms with van der Waals surface area (Å²) in [5, 5.41) is 2.98. The molecule has 0 radical (unpaired) electrons. The van der Waals surface area contributed by atoms with E-state index in [0.717, 1.165) is 13.1 Å². The van der Waals surface area contributed by atoms with Gasteiger partial charge < -0.3 is 15.0 Å². The highest BCUT2D eigenvalue weighted by molar-refractivity contribution is 5.82. The molecule has 1 rings (SSSR count). The molecule has 0 saturated carbocycles. The first kappa shape index (κ1) is 11.5. The maximum absolute atomic E-state index is 11.9. The molecular formula is C10H20N2O2. The van der Waals surface area contributed by atoms with Crippen LogP contribution >= 0.6 is 0 Å². The highest BCUT2D eigenvalue weighted by Crippen LogP contribution is 2.05. The lowest BCUT2D eigenvalue weighted by atomic mass is 10.2. The van der Waals surface area contributed by atoms with Crippen LogP contribution in [0.4, 0.5) is 0 Å². The van der Waals surface area contributed by atoms with Crippen LogP contribution in [0.25, 0.3) is 0 Å². The average Bonchev–Trinajstić information content (AvgIpc) is 2.29. The summed E-state index contributed by atoms with van der Waals surface area (Å²) in [6.45, 7) is 6.91. The maximum atomic E-state index is 11.9. The zero-order chi connectivity index (χ0) is 10.6. The Bertz CT molecular complexity index is 195. The zero-order valence-electron chi connectivity index (χ0n) is 9.25. The van der Waals surface area contributed by atoms with Crippen LogP contribution in [0, 0.1) is 5.92 Å². The number of hydrogen-bond acceptors (Lipinski definition) is 3. The molecule has 1 saturated heterocycles. The Labute approximate surface area is 85.6 Å². The summed E-state index contributed by atoms with van der Waals surface area (Å²) in [6.07, 6.45) is 0. The Morgan fingerprint density at radius 2 is 2.36 bits per heavy atom. The summed E-state index contributed by atoms with van der Waals surface area (Å²) in [7, 11) is 1.80. The van der Waals surface area contributed by atoms with Crippen molar-refractivity contribution >= 4 is 5.91 Å². The van der Waals surface area contributed by atoms with Crippen LogP contribution in [0.15, 0.2) is 0 Å². The normalized spacial score (nSPS) is 24.1. The van der Waals surface area contributed by atoms with Crippen LogP contribution in [-0.2, 0) is 9.53 Å². The fraction of sp³-hybridized carbons (Fsp3) is 0.900. The number of carbonyl (C=O) groups is 1. The highest BCUT2D eigenvalue weighted by Gasteiger charge is 2.26. The molecular weight excluding hydrogens is 180 g/mol. The molecule has 0 aromatic rings. The third kappa shape index (κ3) is 2.96. The van der Waals surface area contributed by atoms with Crippen molar-refractivity contribution in [1.82, 2.24) is 10.2 Å². The number of hydrogen-bond donors (Lipinski definition) is 1. The zero-order valence-corrected chi connectivity index (χ0v) is 9.25. The molecule has 1 heterocycles. The smallest absolute Gasteiger partial charge is 0.242 e. The van der Waals surface area contributed by atoms with E-state index in [1.54, 1.807) is 7.05 Å². The molecule has 1 unspecified atom stereocenters. The van der Waals surface area contributed by atoms with Gasteiger partial charge in [-0.05, 0) is 13.0 Å². The van der Waals surface area contributed by atoms with Crippen LogP contribution in [0.5, 0.6) is 0 Å². The van der Waals surface area contributed by atoms with Gasteiger partial charge in [0.1, 0.15) is 6.04 Å². The van der Waals surface area contributed by atoms with Crippen molar-refractivity contribution in [1.29, 1.82) is 0 Å². The quantitative estimate of drug-likeness (QED) is 0.702. The van der Waals surface area contributed by atoms with Crippen molar-refractivity contribution in [2.45, 2.75) is 19.9 Å². The summed E-state index contributed by atoms with van der Waals surface area (Å²) >= 11 is 0. The second kappa shape index (κ2) is 5.32. The van der Waals surface area contributed by atoms with E-state index >= 15 is 0 Å². The van der Waals surface area contributed by atoms with Crippen molar-refractivity contribution in [2.75, 3.05) is 33.4 Å². The van der Waals surface area contributed by atoms with Gasteiger partial charge in [-0.2, -0.15) is 0 Å². The average molecular weight is 200 g/mol. The molecule has 82 valence electrons. The van der Waals surface area contributed by atoms with E-state index in [4.69, 9.17) is 4.74 Å². The number of ether oxygens (including phenoxy) is 1. The summed E-state index contributed by atoms with van der Waals surface area (Å²) in [5.74, 6) is 0.674. The molecule has 1 amide bonds. The van der Waals surface area contributed by atoms with Gasteiger partial charge in [0, 0.05) is 13.1 Å². The SMILES string of the molecule is CNC1COCCN(CC(C)C)C1=O. The lowest BCUT2D eigenvalue weighted by molar-refractivity contribution is -0.133. The molecule has 1 fully saturated rings. The molecule has 0 bridgehead atoms. The molecule has 1 atom stereocenters. The molecule has 0 aromatic carbocycles. The molecule has 0 spiro atoms. The van der Waals surface area contributed by atoms with Gasteiger partial charge in [0.05, 0.1) is 13.2 Å². The topological polar surface area (TPSA) is 41.6 Å². The summed E-state index contributed by atoms with van der Waals surface area (Å²) in [6, 6.07) is -0.170. The number of nitrogens with one attached hydrogen (secondary N) is 1. The Kier molecular flexibility index (Phi) is 4.35. The van der Waals surface area contributed by atoms with Crippen molar-refractivity contribution in [3.8, 4) is 0 Å². The van der Waals surface area contributed by atoms with Gasteiger partial charge in [0.2, 0.25) is 5.91 Å². The van der Waals surface area contributed by atoms with E-state index in [0.29, 0.717) is 19.1 Å². The molecule has 0 aromatic heterocycles. The number of rotatable bonds is 3. The van der Waals surface area contributed by atoms with Gasteiger partial charge >= 0.3 is 0 Å². The Hall–Kier alpha value is -0.610. The molecule has 4 nitrogen and oxygen atoms in total. The van der Waals surface area contributed by atoms with Crippen molar-refractivity contribution in [3.05, 3.63) is 0 Å². The minimum atomic E-state index is -0.170. The number of nitrogens with zero attached hydrogens (tertiary/aromatic N) is 1. The van der Waals surface area contributed by atoms with Gasteiger partial charge in [-0.25, -0.2) is 0 Å². The summed E-state index contributed by atoms with van der Waals surface area (Å²) < 4.78 is 5.36. The molecule has 14 heavy (non-hydrogen) atoms. The van der Waals surface area contributed by atoms with Crippen LogP contribution in [-0.4, -0.2) is 50.2 Å². The third-order valence-electron chi connectivity index (χ3n) is 2.33. The van der Waals surface area contributed by atoms with Crippen molar-refractivity contribution in [2.24, 2.45) is 5.92 Å². The molecule has 1 aliphatic heterocycles. The molecule has 4 heteroatoms. The second-order valence-corrected chi connectivity index (χ2v) is 4.09. The van der Waals surface area contributed by atoms with Gasteiger partial charge in [-0.3, -0.25) is 4.79 Å². The van der Waals surface area contributed by atoms with Gasteiger partial charge in [-0.15, -0.1) is 0 Å².